The Morgan fingerprint density at radius 3 is 2.68 bits per heavy atom. The van der Waals surface area contributed by atoms with Gasteiger partial charge in [0, 0.05) is 36.5 Å². The van der Waals surface area contributed by atoms with Gasteiger partial charge in [0.1, 0.15) is 23.0 Å². The van der Waals surface area contributed by atoms with Gasteiger partial charge in [-0.1, -0.05) is 6.92 Å². The third-order valence-electron chi connectivity index (χ3n) is 3.93. The molecule has 2 heterocycles. The minimum absolute atomic E-state index is 0.0482. The minimum Gasteiger partial charge on any atom is -0.493 e. The monoisotopic (exact) mass is 344 g/mol. The Balaban J connectivity index is 1.98. The summed E-state index contributed by atoms with van der Waals surface area (Å²) >= 11 is 0. The van der Waals surface area contributed by atoms with E-state index >= 15 is 0 Å². The van der Waals surface area contributed by atoms with Crippen LogP contribution in [0.4, 0.5) is 8.78 Å². The normalized spacial score (nSPS) is 11.0. The fourth-order valence-electron chi connectivity index (χ4n) is 2.69. The second-order valence-electron chi connectivity index (χ2n) is 5.67. The van der Waals surface area contributed by atoms with Crippen molar-refractivity contribution in [3.63, 3.8) is 0 Å². The molecule has 6 heteroatoms. The van der Waals surface area contributed by atoms with Gasteiger partial charge in [0.2, 0.25) is 0 Å². The predicted octanol–water partition coefficient (Wildman–Crippen LogP) is 4.00. The first-order valence-corrected chi connectivity index (χ1v) is 8.13. The molecule has 0 amide bonds. The molecule has 4 nitrogen and oxygen atoms in total. The molecule has 0 saturated heterocycles. The highest BCUT2D eigenvalue weighted by Crippen LogP contribution is 2.24. The smallest absolute Gasteiger partial charge is 0.170 e. The summed E-state index contributed by atoms with van der Waals surface area (Å²) in [5.74, 6) is -1.47. The topological polar surface area (TPSA) is 43.6 Å². The fraction of sp³-hybridized carbons (Fsp3) is 0.263. The number of aryl methyl sites for hydroxylation is 1. The first-order chi connectivity index (χ1) is 12.0. The van der Waals surface area contributed by atoms with Crippen molar-refractivity contribution in [2.45, 2.75) is 26.7 Å². The SMILES string of the molecule is CCOc1cc2nc(CC)cn2cc1CC(=O)c1ccc(F)cc1F. The van der Waals surface area contributed by atoms with Gasteiger partial charge in [0.05, 0.1) is 17.9 Å². The number of rotatable bonds is 6. The number of halogens is 2. The van der Waals surface area contributed by atoms with Gasteiger partial charge in [0.25, 0.3) is 0 Å². The third kappa shape index (κ3) is 3.52. The van der Waals surface area contributed by atoms with Gasteiger partial charge in [-0.05, 0) is 25.5 Å². The summed E-state index contributed by atoms with van der Waals surface area (Å²) < 4.78 is 34.3. The molecule has 0 radical (unpaired) electrons. The average Bonchev–Trinajstić information content (AvgIpc) is 2.97. The third-order valence-corrected chi connectivity index (χ3v) is 3.93. The summed E-state index contributed by atoms with van der Waals surface area (Å²) in [7, 11) is 0. The van der Waals surface area contributed by atoms with Crippen molar-refractivity contribution in [1.29, 1.82) is 0 Å². The quantitative estimate of drug-likeness (QED) is 0.635. The zero-order valence-corrected chi connectivity index (χ0v) is 14.1. The number of fused-ring (bicyclic) bond motifs is 1. The van der Waals surface area contributed by atoms with Gasteiger partial charge >= 0.3 is 0 Å². The molecular formula is C19H18F2N2O2. The summed E-state index contributed by atoms with van der Waals surface area (Å²) in [6, 6.07) is 4.72. The molecule has 3 rings (SSSR count). The second-order valence-corrected chi connectivity index (χ2v) is 5.67. The van der Waals surface area contributed by atoms with E-state index in [1.54, 1.807) is 12.3 Å². The van der Waals surface area contributed by atoms with Crippen LogP contribution in [-0.4, -0.2) is 21.8 Å². The molecular weight excluding hydrogens is 326 g/mol. The molecule has 2 aromatic heterocycles. The lowest BCUT2D eigenvalue weighted by molar-refractivity contribution is 0.0987. The number of carbonyl (C=O) groups is 1. The van der Waals surface area contributed by atoms with Gasteiger partial charge in [0.15, 0.2) is 5.78 Å². The molecule has 0 atom stereocenters. The van der Waals surface area contributed by atoms with Crippen LogP contribution >= 0.6 is 0 Å². The van der Waals surface area contributed by atoms with E-state index in [0.717, 1.165) is 29.9 Å². The van der Waals surface area contributed by atoms with E-state index in [1.165, 1.54) is 0 Å². The Morgan fingerprint density at radius 1 is 1.20 bits per heavy atom. The zero-order valence-electron chi connectivity index (χ0n) is 14.1. The maximum Gasteiger partial charge on any atom is 0.170 e. The van der Waals surface area contributed by atoms with Crippen molar-refractivity contribution < 1.29 is 18.3 Å². The Bertz CT molecular complexity index is 935. The van der Waals surface area contributed by atoms with Crippen LogP contribution in [-0.2, 0) is 12.8 Å². The van der Waals surface area contributed by atoms with E-state index in [4.69, 9.17) is 4.74 Å². The minimum atomic E-state index is -0.861. The molecule has 130 valence electrons. The van der Waals surface area contributed by atoms with Gasteiger partial charge < -0.3 is 9.14 Å². The first kappa shape index (κ1) is 17.1. The van der Waals surface area contributed by atoms with Crippen molar-refractivity contribution in [1.82, 2.24) is 9.38 Å². The summed E-state index contributed by atoms with van der Waals surface area (Å²) in [6.45, 7) is 4.29. The van der Waals surface area contributed by atoms with Crippen LogP contribution in [0.15, 0.2) is 36.7 Å². The van der Waals surface area contributed by atoms with Crippen LogP contribution in [0.25, 0.3) is 5.65 Å². The number of imidazole rings is 1. The van der Waals surface area contributed by atoms with E-state index in [-0.39, 0.29) is 12.0 Å². The molecule has 0 saturated carbocycles. The average molecular weight is 344 g/mol. The zero-order chi connectivity index (χ0) is 18.0. The Hall–Kier alpha value is -2.76. The maximum atomic E-state index is 13.8. The van der Waals surface area contributed by atoms with Crippen LogP contribution in [0, 0.1) is 11.6 Å². The number of hydrogen-bond acceptors (Lipinski definition) is 3. The molecule has 3 aromatic rings. The van der Waals surface area contributed by atoms with Crippen molar-refractivity contribution in [3.05, 3.63) is 65.1 Å². The fourth-order valence-corrected chi connectivity index (χ4v) is 2.69. The Morgan fingerprint density at radius 2 is 2.00 bits per heavy atom. The number of Topliss-reactive ketones (excluding diaryl/α,β-unsaturated/α-hetero) is 1. The Labute approximate surface area is 144 Å². The van der Waals surface area contributed by atoms with E-state index in [0.29, 0.717) is 24.0 Å². The van der Waals surface area contributed by atoms with Crippen LogP contribution in [0.1, 0.15) is 35.5 Å². The Kier molecular flexibility index (Phi) is 4.79. The molecule has 0 aliphatic carbocycles. The lowest BCUT2D eigenvalue weighted by Gasteiger charge is -2.11. The largest absolute Gasteiger partial charge is 0.493 e. The van der Waals surface area contributed by atoms with Crippen molar-refractivity contribution in [2.75, 3.05) is 6.61 Å². The highest BCUT2D eigenvalue weighted by molar-refractivity contribution is 5.98. The number of ketones is 1. The predicted molar refractivity (Wildman–Crippen MR) is 90.1 cm³/mol. The van der Waals surface area contributed by atoms with Crippen molar-refractivity contribution in [2.24, 2.45) is 0 Å². The molecule has 0 aliphatic rings. The number of pyridine rings is 1. The van der Waals surface area contributed by atoms with Gasteiger partial charge in [-0.2, -0.15) is 0 Å². The molecule has 1 aromatic carbocycles. The molecule has 0 unspecified atom stereocenters. The van der Waals surface area contributed by atoms with Crippen LogP contribution < -0.4 is 4.74 Å². The summed E-state index contributed by atoms with van der Waals surface area (Å²) in [5.41, 5.74) is 2.15. The van der Waals surface area contributed by atoms with E-state index in [1.807, 2.05) is 24.4 Å². The summed E-state index contributed by atoms with van der Waals surface area (Å²) in [4.78, 5) is 16.9. The number of benzene rings is 1. The summed E-state index contributed by atoms with van der Waals surface area (Å²) in [6.07, 6.45) is 4.40. The lowest BCUT2D eigenvalue weighted by Crippen LogP contribution is -2.09. The number of ether oxygens (including phenoxy) is 1. The number of hydrogen-bond donors (Lipinski definition) is 0. The summed E-state index contributed by atoms with van der Waals surface area (Å²) in [5, 5.41) is 0. The number of carbonyl (C=O) groups excluding carboxylic acids is 1. The van der Waals surface area contributed by atoms with E-state index in [2.05, 4.69) is 4.98 Å². The van der Waals surface area contributed by atoms with Gasteiger partial charge in [-0.3, -0.25) is 4.79 Å². The molecule has 0 fully saturated rings. The molecule has 0 N–H and O–H groups in total. The standard InChI is InChI=1S/C19H18F2N2O2/c1-3-14-11-23-10-12(18(25-4-2)9-19(23)22-14)7-17(24)15-6-5-13(20)8-16(15)21/h5-6,8-11H,3-4,7H2,1-2H3. The highest BCUT2D eigenvalue weighted by Gasteiger charge is 2.17. The lowest BCUT2D eigenvalue weighted by atomic mass is 10.0. The van der Waals surface area contributed by atoms with Crippen molar-refractivity contribution >= 4 is 11.4 Å². The first-order valence-electron chi connectivity index (χ1n) is 8.13. The number of nitrogens with zero attached hydrogens (tertiary/aromatic N) is 2. The maximum absolute atomic E-state index is 13.8. The molecule has 0 bridgehead atoms. The molecule has 0 spiro atoms. The second kappa shape index (κ2) is 7.01. The molecule has 25 heavy (non-hydrogen) atoms. The molecule has 0 aliphatic heterocycles. The van der Waals surface area contributed by atoms with Crippen LogP contribution in [0.3, 0.4) is 0 Å². The van der Waals surface area contributed by atoms with Gasteiger partial charge in [-0.25, -0.2) is 13.8 Å². The number of aromatic nitrogens is 2. The van der Waals surface area contributed by atoms with Crippen LogP contribution in [0.5, 0.6) is 5.75 Å². The van der Waals surface area contributed by atoms with Crippen molar-refractivity contribution in [3.8, 4) is 5.75 Å². The van der Waals surface area contributed by atoms with Crippen LogP contribution in [0.2, 0.25) is 0 Å². The van der Waals surface area contributed by atoms with E-state index in [9.17, 15) is 13.6 Å². The van der Waals surface area contributed by atoms with E-state index < -0.39 is 17.4 Å². The van der Waals surface area contributed by atoms with Gasteiger partial charge in [-0.15, -0.1) is 0 Å². The highest BCUT2D eigenvalue weighted by atomic mass is 19.1.